The van der Waals surface area contributed by atoms with Gasteiger partial charge >= 0.3 is 12.1 Å². The smallest absolute Gasteiger partial charge is 0.434 e. The predicted molar refractivity (Wildman–Crippen MR) is 183 cm³/mol. The van der Waals surface area contributed by atoms with Gasteiger partial charge in [-0.3, -0.25) is 4.79 Å². The molecule has 4 saturated carbocycles. The molecule has 1 atom stereocenters. The van der Waals surface area contributed by atoms with Crippen LogP contribution in [0.3, 0.4) is 0 Å². The van der Waals surface area contributed by atoms with Crippen molar-refractivity contribution in [2.75, 3.05) is 29.4 Å². The van der Waals surface area contributed by atoms with Crippen molar-refractivity contribution in [3.63, 3.8) is 0 Å². The number of hydrogen-bond acceptors (Lipinski definition) is 9. The van der Waals surface area contributed by atoms with Gasteiger partial charge in [0.15, 0.2) is 5.69 Å². The summed E-state index contributed by atoms with van der Waals surface area (Å²) in [6.07, 6.45) is 10.4. The molecule has 10 rings (SSSR count). The molecule has 4 bridgehead atoms. The zero-order chi connectivity index (χ0) is 35.8. The van der Waals surface area contributed by atoms with Crippen LogP contribution in [0, 0.1) is 23.7 Å². The Morgan fingerprint density at radius 3 is 2.31 bits per heavy atom. The number of carbonyl (C=O) groups is 2. The van der Waals surface area contributed by atoms with E-state index in [0.29, 0.717) is 61.4 Å². The van der Waals surface area contributed by atoms with Gasteiger partial charge in [0.2, 0.25) is 11.9 Å². The van der Waals surface area contributed by atoms with E-state index in [-0.39, 0.29) is 23.9 Å². The lowest BCUT2D eigenvalue weighted by atomic mass is 9.48. The van der Waals surface area contributed by atoms with E-state index in [2.05, 4.69) is 42.3 Å². The molecule has 14 heteroatoms. The average Bonchev–Trinajstić information content (AvgIpc) is 3.74. The molecular weight excluding hydrogens is 675 g/mol. The second-order valence-electron chi connectivity index (χ2n) is 15.6. The van der Waals surface area contributed by atoms with Crippen LogP contribution in [0.4, 0.5) is 30.8 Å². The molecular formula is C38H40F3N7O4. The number of allylic oxidation sites excluding steroid dienone is 1. The van der Waals surface area contributed by atoms with E-state index in [4.69, 9.17) is 4.74 Å². The molecule has 272 valence electrons. The summed E-state index contributed by atoms with van der Waals surface area (Å²) in [7, 11) is 0. The van der Waals surface area contributed by atoms with Crippen molar-refractivity contribution in [3.05, 3.63) is 71.8 Å². The molecule has 2 aromatic heterocycles. The summed E-state index contributed by atoms with van der Waals surface area (Å²) in [5.41, 5.74) is -2.61. The zero-order valence-electron chi connectivity index (χ0n) is 28.6. The predicted octanol–water partition coefficient (Wildman–Crippen LogP) is 6.08. The van der Waals surface area contributed by atoms with Crippen molar-refractivity contribution in [1.82, 2.24) is 25.3 Å². The van der Waals surface area contributed by atoms with E-state index in [1.165, 1.54) is 0 Å². The Morgan fingerprint density at radius 1 is 0.962 bits per heavy atom. The highest BCUT2D eigenvalue weighted by Crippen LogP contribution is 2.58. The zero-order valence-corrected chi connectivity index (χ0v) is 28.6. The van der Waals surface area contributed by atoms with Gasteiger partial charge in [-0.1, -0.05) is 12.2 Å². The highest BCUT2D eigenvalue weighted by Gasteiger charge is 2.62. The van der Waals surface area contributed by atoms with Crippen LogP contribution in [0.2, 0.25) is 0 Å². The minimum absolute atomic E-state index is 0.0129. The Labute approximate surface area is 298 Å². The van der Waals surface area contributed by atoms with Crippen LogP contribution >= 0.6 is 0 Å². The van der Waals surface area contributed by atoms with Crippen LogP contribution in [-0.2, 0) is 16.4 Å². The maximum atomic E-state index is 14.7. The number of nitrogens with zero attached hydrogens (tertiary/aromatic N) is 6. The standard InChI is InChI=1S/C38H40F3N7O4/c39-38(40,41)31-28(32(49)46-37(33(50)51)24-15-22-14-23(17-24)18-25(37)16-22)20-44-35(45-31)48-21-36(8-1-2-9-36)29-19-27(4-5-30(29)48)52-26-6-12-47(13-7-26)34-42-10-3-11-43-34/h1,3-5,8,10-11,19-20,22-26H,2,6-7,9,12-18,21H2,(H,46,49)(H,50,51). The van der Waals surface area contributed by atoms with Crippen LogP contribution in [-0.4, -0.2) is 68.2 Å². The van der Waals surface area contributed by atoms with Gasteiger partial charge in [-0.2, -0.15) is 13.2 Å². The number of aliphatic carboxylic acids is 1. The lowest BCUT2D eigenvalue weighted by molar-refractivity contribution is -0.163. The fraction of sp³-hybridized carbons (Fsp3) is 0.526. The van der Waals surface area contributed by atoms with Crippen molar-refractivity contribution in [2.24, 2.45) is 23.7 Å². The van der Waals surface area contributed by atoms with Crippen molar-refractivity contribution < 1.29 is 32.6 Å². The largest absolute Gasteiger partial charge is 0.490 e. The number of benzene rings is 1. The first-order chi connectivity index (χ1) is 25.0. The van der Waals surface area contributed by atoms with Crippen molar-refractivity contribution in [3.8, 4) is 5.75 Å². The minimum Gasteiger partial charge on any atom is -0.490 e. The molecule has 2 N–H and O–H groups in total. The summed E-state index contributed by atoms with van der Waals surface area (Å²) >= 11 is 0. The van der Waals surface area contributed by atoms with Crippen molar-refractivity contribution in [2.45, 2.75) is 81.0 Å². The number of carbonyl (C=O) groups excluding carboxylic acids is 1. The van der Waals surface area contributed by atoms with Gasteiger partial charge in [0.05, 0.1) is 5.56 Å². The molecule has 4 heterocycles. The number of alkyl halides is 3. The third kappa shape index (κ3) is 5.39. The molecule has 52 heavy (non-hydrogen) atoms. The van der Waals surface area contributed by atoms with Crippen LogP contribution in [0.1, 0.15) is 79.4 Å². The highest BCUT2D eigenvalue weighted by molar-refractivity contribution is 5.99. The first-order valence-corrected chi connectivity index (χ1v) is 18.3. The maximum absolute atomic E-state index is 14.7. The number of rotatable bonds is 7. The summed E-state index contributed by atoms with van der Waals surface area (Å²) < 4.78 is 50.7. The summed E-state index contributed by atoms with van der Waals surface area (Å²) in [6, 6.07) is 7.45. The Bertz CT molecular complexity index is 1900. The monoisotopic (exact) mass is 715 g/mol. The quantitative estimate of drug-likeness (QED) is 0.277. The topological polar surface area (TPSA) is 134 Å². The van der Waals surface area contributed by atoms with E-state index >= 15 is 0 Å². The molecule has 1 aromatic carbocycles. The number of halogens is 3. The molecule has 1 unspecified atom stereocenters. The molecule has 2 aliphatic heterocycles. The molecule has 5 fully saturated rings. The molecule has 0 radical (unpaired) electrons. The average molecular weight is 716 g/mol. The maximum Gasteiger partial charge on any atom is 0.434 e. The van der Waals surface area contributed by atoms with E-state index in [1.807, 2.05) is 18.2 Å². The van der Waals surface area contributed by atoms with Gasteiger partial charge in [-0.15, -0.1) is 0 Å². The summed E-state index contributed by atoms with van der Waals surface area (Å²) in [5.74, 6) is -0.899. The first-order valence-electron chi connectivity index (χ1n) is 18.3. The van der Waals surface area contributed by atoms with Crippen molar-refractivity contribution in [1.29, 1.82) is 0 Å². The van der Waals surface area contributed by atoms with E-state index < -0.39 is 40.3 Å². The van der Waals surface area contributed by atoms with Gasteiger partial charge in [-0.05, 0) is 98.4 Å². The number of anilines is 3. The Morgan fingerprint density at radius 2 is 1.67 bits per heavy atom. The Balaban J connectivity index is 0.983. The molecule has 11 nitrogen and oxygen atoms in total. The molecule has 5 aliphatic carbocycles. The molecule has 1 saturated heterocycles. The second kappa shape index (κ2) is 12.2. The van der Waals surface area contributed by atoms with Gasteiger partial charge < -0.3 is 25.0 Å². The van der Waals surface area contributed by atoms with E-state index in [9.17, 15) is 27.9 Å². The molecule has 1 amide bonds. The van der Waals surface area contributed by atoms with Crippen LogP contribution in [0.5, 0.6) is 5.75 Å². The van der Waals surface area contributed by atoms with Crippen molar-refractivity contribution >= 4 is 29.5 Å². The number of hydrogen-bond donors (Lipinski definition) is 2. The number of piperidine rings is 1. The van der Waals surface area contributed by atoms with Gasteiger partial charge in [0.1, 0.15) is 17.4 Å². The fourth-order valence-corrected chi connectivity index (χ4v) is 10.4. The van der Waals surface area contributed by atoms with E-state index in [1.54, 1.807) is 23.4 Å². The SMILES string of the molecule is O=C(NC1(C(=O)O)C2CC3CC(C2)CC1C3)c1cnc(N2CC3(C=CCC3)c3cc(OC4CCN(c5ncccn5)CC4)ccc32)nc1C(F)(F)F. The summed E-state index contributed by atoms with van der Waals surface area (Å²) in [5, 5.41) is 13.1. The number of carboxylic acids is 1. The summed E-state index contributed by atoms with van der Waals surface area (Å²) in [4.78, 5) is 47.5. The van der Waals surface area contributed by atoms with Crippen LogP contribution in [0.15, 0.2) is 55.0 Å². The highest BCUT2D eigenvalue weighted by atomic mass is 19.4. The van der Waals surface area contributed by atoms with E-state index in [0.717, 1.165) is 57.0 Å². The third-order valence-electron chi connectivity index (χ3n) is 12.6. The number of carboxylic acid groups (broad SMARTS) is 1. The van der Waals surface area contributed by atoms with Crippen LogP contribution < -0.4 is 19.9 Å². The Hall–Kier alpha value is -4.75. The second-order valence-corrected chi connectivity index (χ2v) is 15.6. The first kappa shape index (κ1) is 33.1. The normalized spacial score (nSPS) is 30.6. The van der Waals surface area contributed by atoms with Crippen LogP contribution in [0.25, 0.3) is 0 Å². The number of aromatic nitrogens is 4. The number of amides is 1. The lowest BCUT2D eigenvalue weighted by Crippen LogP contribution is -2.70. The number of ether oxygens (including phenoxy) is 1. The third-order valence-corrected chi connectivity index (χ3v) is 12.6. The number of fused-ring (bicyclic) bond motifs is 2. The Kier molecular flexibility index (Phi) is 7.74. The summed E-state index contributed by atoms with van der Waals surface area (Å²) in [6.45, 7) is 1.84. The minimum atomic E-state index is -4.99. The fourth-order valence-electron chi connectivity index (χ4n) is 10.4. The van der Waals surface area contributed by atoms with Gasteiger partial charge in [-0.25, -0.2) is 24.7 Å². The molecule has 3 aromatic rings. The number of nitrogens with one attached hydrogen (secondary N) is 1. The molecule has 7 aliphatic rings. The lowest BCUT2D eigenvalue weighted by Gasteiger charge is -2.59. The van der Waals surface area contributed by atoms with Gasteiger partial charge in [0.25, 0.3) is 5.91 Å². The van der Waals surface area contributed by atoms with Gasteiger partial charge in [0, 0.05) is 62.2 Å². The molecule has 1 spiro atoms.